The van der Waals surface area contributed by atoms with Crippen molar-refractivity contribution in [2.75, 3.05) is 11.4 Å². The number of benzene rings is 3. The maximum Gasteiger partial charge on any atom is 0.258 e. The summed E-state index contributed by atoms with van der Waals surface area (Å²) in [4.78, 5) is 15.5. The zero-order valence-electron chi connectivity index (χ0n) is 14.6. The summed E-state index contributed by atoms with van der Waals surface area (Å²) in [6.07, 6.45) is 4.02. The van der Waals surface area contributed by atoms with Crippen molar-refractivity contribution in [3.63, 3.8) is 0 Å². The zero-order chi connectivity index (χ0) is 17.8. The Balaban J connectivity index is 1.78. The second-order valence-electron chi connectivity index (χ2n) is 6.52. The number of anilines is 1. The van der Waals surface area contributed by atoms with Gasteiger partial charge in [0.25, 0.3) is 5.91 Å². The van der Waals surface area contributed by atoms with Crippen molar-refractivity contribution >= 4 is 23.2 Å². The van der Waals surface area contributed by atoms with E-state index in [1.165, 1.54) is 5.56 Å². The predicted molar refractivity (Wildman–Crippen MR) is 108 cm³/mol. The highest BCUT2D eigenvalue weighted by atomic mass is 16.2. The van der Waals surface area contributed by atoms with E-state index in [0.717, 1.165) is 41.8 Å². The molecule has 0 saturated heterocycles. The number of carbonyl (C=O) groups is 1. The Bertz CT molecular complexity index is 929. The second kappa shape index (κ2) is 7.40. The van der Waals surface area contributed by atoms with Crippen molar-refractivity contribution in [3.8, 4) is 0 Å². The van der Waals surface area contributed by atoms with Crippen molar-refractivity contribution in [3.05, 3.63) is 102 Å². The van der Waals surface area contributed by atoms with E-state index in [0.29, 0.717) is 0 Å². The van der Waals surface area contributed by atoms with Crippen LogP contribution in [0.3, 0.4) is 0 Å². The minimum Gasteiger partial charge on any atom is -0.308 e. The summed E-state index contributed by atoms with van der Waals surface area (Å²) in [5.41, 5.74) is 5.00. The lowest BCUT2D eigenvalue weighted by Crippen LogP contribution is -2.36. The minimum atomic E-state index is 0.0622. The first-order chi connectivity index (χ1) is 12.8. The first-order valence-corrected chi connectivity index (χ1v) is 9.05. The third-order valence-electron chi connectivity index (χ3n) is 4.78. The molecule has 0 bridgehead atoms. The molecule has 128 valence electrons. The average molecular weight is 339 g/mol. The average Bonchev–Trinajstić information content (AvgIpc) is 2.72. The van der Waals surface area contributed by atoms with Gasteiger partial charge in [-0.15, -0.1) is 0 Å². The van der Waals surface area contributed by atoms with Gasteiger partial charge in [0.2, 0.25) is 0 Å². The Kier molecular flexibility index (Phi) is 4.65. The fourth-order valence-electron chi connectivity index (χ4n) is 3.49. The molecule has 1 amide bonds. The number of amides is 1. The maximum atomic E-state index is 13.5. The molecule has 0 saturated carbocycles. The van der Waals surface area contributed by atoms with Crippen LogP contribution in [0.1, 0.15) is 23.1 Å². The van der Waals surface area contributed by atoms with Crippen molar-refractivity contribution in [1.82, 2.24) is 0 Å². The molecule has 0 radical (unpaired) electrons. The number of nitrogens with zero attached hydrogens (tertiary/aromatic N) is 1. The van der Waals surface area contributed by atoms with Gasteiger partial charge in [0.05, 0.1) is 0 Å². The van der Waals surface area contributed by atoms with Crippen LogP contribution in [0.4, 0.5) is 5.69 Å². The number of fused-ring (bicyclic) bond motifs is 1. The lowest BCUT2D eigenvalue weighted by atomic mass is 9.97. The van der Waals surface area contributed by atoms with E-state index in [1.54, 1.807) is 0 Å². The van der Waals surface area contributed by atoms with Gasteiger partial charge in [0.15, 0.2) is 0 Å². The van der Waals surface area contributed by atoms with Gasteiger partial charge in [-0.3, -0.25) is 4.79 Å². The third-order valence-corrected chi connectivity index (χ3v) is 4.78. The third kappa shape index (κ3) is 3.31. The highest BCUT2D eigenvalue weighted by molar-refractivity contribution is 6.30. The topological polar surface area (TPSA) is 20.3 Å². The monoisotopic (exact) mass is 339 g/mol. The van der Waals surface area contributed by atoms with Crippen molar-refractivity contribution < 1.29 is 4.79 Å². The van der Waals surface area contributed by atoms with E-state index in [-0.39, 0.29) is 5.91 Å². The molecule has 0 N–H and O–H groups in total. The van der Waals surface area contributed by atoms with Crippen LogP contribution in [0.5, 0.6) is 0 Å². The van der Waals surface area contributed by atoms with Gasteiger partial charge in [-0.05, 0) is 41.7 Å². The summed E-state index contributed by atoms with van der Waals surface area (Å²) in [7, 11) is 0. The molecule has 4 rings (SSSR count). The summed E-state index contributed by atoms with van der Waals surface area (Å²) >= 11 is 0. The molecule has 1 aliphatic rings. The van der Waals surface area contributed by atoms with Gasteiger partial charge in [-0.2, -0.15) is 0 Å². The first kappa shape index (κ1) is 16.3. The fraction of sp³-hybridized carbons (Fsp3) is 0.125. The molecule has 2 heteroatoms. The number of para-hydroxylation sites is 1. The summed E-state index contributed by atoms with van der Waals surface area (Å²) < 4.78 is 0. The highest BCUT2D eigenvalue weighted by Crippen LogP contribution is 2.30. The molecule has 0 aliphatic carbocycles. The summed E-state index contributed by atoms with van der Waals surface area (Å²) in [6, 6.07) is 28.2. The van der Waals surface area contributed by atoms with Gasteiger partial charge in [-0.1, -0.05) is 78.9 Å². The summed E-state index contributed by atoms with van der Waals surface area (Å²) in [5, 5.41) is 0. The van der Waals surface area contributed by atoms with Gasteiger partial charge < -0.3 is 4.90 Å². The molecule has 3 aromatic carbocycles. The standard InChI is InChI=1S/C24H21NO/c26-24(25-17-9-15-21-14-7-8-16-23(21)25)22(20-12-5-2-6-13-20)18-19-10-3-1-4-11-19/h1-8,10-14,16,18H,9,15,17H2/b22-18-. The van der Waals surface area contributed by atoms with Crippen LogP contribution in [0.2, 0.25) is 0 Å². The highest BCUT2D eigenvalue weighted by Gasteiger charge is 2.25. The molecule has 1 aliphatic heterocycles. The van der Waals surface area contributed by atoms with Crippen LogP contribution in [-0.4, -0.2) is 12.5 Å². The number of hydrogen-bond donors (Lipinski definition) is 0. The normalized spacial score (nSPS) is 14.0. The quantitative estimate of drug-likeness (QED) is 0.474. The molecule has 2 nitrogen and oxygen atoms in total. The Morgan fingerprint density at radius 2 is 1.46 bits per heavy atom. The summed E-state index contributed by atoms with van der Waals surface area (Å²) in [6.45, 7) is 0.759. The van der Waals surface area contributed by atoms with E-state index < -0.39 is 0 Å². The van der Waals surface area contributed by atoms with E-state index in [2.05, 4.69) is 12.1 Å². The van der Waals surface area contributed by atoms with Crippen molar-refractivity contribution in [1.29, 1.82) is 0 Å². The molecule has 0 atom stereocenters. The molecule has 0 spiro atoms. The van der Waals surface area contributed by atoms with E-state index >= 15 is 0 Å². The van der Waals surface area contributed by atoms with E-state index in [4.69, 9.17) is 0 Å². The van der Waals surface area contributed by atoms with E-state index in [9.17, 15) is 4.79 Å². The Morgan fingerprint density at radius 1 is 0.808 bits per heavy atom. The molecule has 1 heterocycles. The Hall–Kier alpha value is -3.13. The molecule has 0 fully saturated rings. The van der Waals surface area contributed by atoms with Gasteiger partial charge >= 0.3 is 0 Å². The largest absolute Gasteiger partial charge is 0.308 e. The second-order valence-corrected chi connectivity index (χ2v) is 6.52. The van der Waals surface area contributed by atoms with Crippen LogP contribution < -0.4 is 4.90 Å². The number of aryl methyl sites for hydroxylation is 1. The zero-order valence-corrected chi connectivity index (χ0v) is 14.6. The molecular formula is C24H21NO. The number of carbonyl (C=O) groups excluding carboxylic acids is 1. The van der Waals surface area contributed by atoms with Crippen LogP contribution in [-0.2, 0) is 11.2 Å². The van der Waals surface area contributed by atoms with Gasteiger partial charge in [-0.25, -0.2) is 0 Å². The number of hydrogen-bond acceptors (Lipinski definition) is 1. The molecule has 26 heavy (non-hydrogen) atoms. The van der Waals surface area contributed by atoms with Crippen LogP contribution in [0.15, 0.2) is 84.9 Å². The molecule has 3 aromatic rings. The maximum absolute atomic E-state index is 13.5. The van der Waals surface area contributed by atoms with Gasteiger partial charge in [0, 0.05) is 17.8 Å². The van der Waals surface area contributed by atoms with Crippen LogP contribution in [0, 0.1) is 0 Å². The van der Waals surface area contributed by atoms with Gasteiger partial charge in [0.1, 0.15) is 0 Å². The number of rotatable bonds is 3. The van der Waals surface area contributed by atoms with Crippen molar-refractivity contribution in [2.45, 2.75) is 12.8 Å². The minimum absolute atomic E-state index is 0.0622. The molecular weight excluding hydrogens is 318 g/mol. The SMILES string of the molecule is O=C(/C(=C\c1ccccc1)c1ccccc1)N1CCCc2ccccc21. The first-order valence-electron chi connectivity index (χ1n) is 9.05. The summed E-state index contributed by atoms with van der Waals surface area (Å²) in [5.74, 6) is 0.0622. The fourth-order valence-corrected chi connectivity index (χ4v) is 3.49. The van der Waals surface area contributed by atoms with Crippen LogP contribution in [0.25, 0.3) is 11.6 Å². The lowest BCUT2D eigenvalue weighted by Gasteiger charge is -2.30. The molecule has 0 aromatic heterocycles. The predicted octanol–water partition coefficient (Wildman–Crippen LogP) is 5.21. The van der Waals surface area contributed by atoms with E-state index in [1.807, 2.05) is 83.8 Å². The Morgan fingerprint density at radius 3 is 2.23 bits per heavy atom. The molecule has 0 unspecified atom stereocenters. The van der Waals surface area contributed by atoms with Crippen molar-refractivity contribution in [2.24, 2.45) is 0 Å². The van der Waals surface area contributed by atoms with Crippen LogP contribution >= 0.6 is 0 Å². The smallest absolute Gasteiger partial charge is 0.258 e. The lowest BCUT2D eigenvalue weighted by molar-refractivity contribution is -0.113. The Labute approximate surface area is 154 Å².